The lowest BCUT2D eigenvalue weighted by atomic mass is 10.5. The van der Waals surface area contributed by atoms with Crippen LogP contribution in [0.3, 0.4) is 0 Å². The fourth-order valence-corrected chi connectivity index (χ4v) is 0.234. The van der Waals surface area contributed by atoms with Gasteiger partial charge in [0, 0.05) is 13.1 Å². The molecule has 0 saturated heterocycles. The zero-order valence-corrected chi connectivity index (χ0v) is 5.09. The molecule has 2 nitrogen and oxygen atoms in total. The van der Waals surface area contributed by atoms with Gasteiger partial charge in [-0.05, 0) is 6.92 Å². The van der Waals surface area contributed by atoms with Crippen LogP contribution < -0.4 is 0 Å². The third kappa shape index (κ3) is 5.08. The molecular weight excluding hydrogens is 102 g/mol. The predicted molar refractivity (Wildman–Crippen MR) is 34.0 cm³/mol. The minimum Gasteiger partial charge on any atom is -0.293 e. The highest BCUT2D eigenvalue weighted by atomic mass is 16.1. The summed E-state index contributed by atoms with van der Waals surface area (Å²) in [6.45, 7) is 3.31. The molecule has 0 aromatic carbocycles. The van der Waals surface area contributed by atoms with Crippen LogP contribution in [-0.4, -0.2) is 12.0 Å². The lowest BCUT2D eigenvalue weighted by Crippen LogP contribution is -1.87. The minimum atomic E-state index is -0.0249. The number of Topliss-reactive ketones (excluding diaryl/α,β-unsaturated/α-hetero) is 1. The first-order valence-corrected chi connectivity index (χ1v) is 2.42. The molecular formula is C6H9NO. The van der Waals surface area contributed by atoms with Gasteiger partial charge in [-0.25, -0.2) is 0 Å². The van der Waals surface area contributed by atoms with Gasteiger partial charge in [-0.1, -0.05) is 6.08 Å². The van der Waals surface area contributed by atoms with Gasteiger partial charge in [0.15, 0.2) is 5.78 Å². The van der Waals surface area contributed by atoms with Crippen molar-refractivity contribution in [3.05, 3.63) is 12.3 Å². The molecule has 0 radical (unpaired) electrons. The summed E-state index contributed by atoms with van der Waals surface area (Å²) in [6, 6.07) is 0. The number of carbonyl (C=O) groups is 1. The lowest BCUT2D eigenvalue weighted by molar-refractivity contribution is -0.110. The summed E-state index contributed by atoms with van der Waals surface area (Å²) in [4.78, 5) is 13.8. The fourth-order valence-electron chi connectivity index (χ4n) is 0.234. The summed E-state index contributed by atoms with van der Waals surface area (Å²) in [5, 5.41) is 0. The number of hydrogen-bond donors (Lipinski definition) is 0. The van der Waals surface area contributed by atoms with E-state index in [0.717, 1.165) is 0 Å². The molecule has 0 heterocycles. The molecule has 0 unspecified atom stereocenters. The highest BCUT2D eigenvalue weighted by Gasteiger charge is 1.76. The number of aliphatic imine (C=N–C) groups is 1. The molecule has 0 aromatic rings. The Bertz CT molecular complexity index is 124. The zero-order valence-electron chi connectivity index (χ0n) is 5.09. The average Bonchev–Trinajstić information content (AvgIpc) is 1.66. The minimum absolute atomic E-state index is 0.0249. The van der Waals surface area contributed by atoms with Crippen LogP contribution in [0, 0.1) is 0 Å². The first-order chi connectivity index (χ1) is 3.77. The van der Waals surface area contributed by atoms with Gasteiger partial charge in [-0.3, -0.25) is 9.79 Å². The van der Waals surface area contributed by atoms with E-state index in [0.29, 0.717) is 0 Å². The molecule has 0 aliphatic carbocycles. The molecule has 0 aromatic heterocycles. The van der Waals surface area contributed by atoms with Crippen molar-refractivity contribution in [2.45, 2.75) is 13.8 Å². The first kappa shape index (κ1) is 7.08. The van der Waals surface area contributed by atoms with Crippen molar-refractivity contribution in [1.29, 1.82) is 0 Å². The van der Waals surface area contributed by atoms with E-state index < -0.39 is 0 Å². The molecule has 0 bridgehead atoms. The summed E-state index contributed by atoms with van der Waals surface area (Å²) >= 11 is 0. The number of carbonyl (C=O) groups excluding carboxylic acids is 1. The normalized spacial score (nSPS) is 11.2. The number of ketones is 1. The summed E-state index contributed by atoms with van der Waals surface area (Å²) in [6.07, 6.45) is 4.61. The Morgan fingerprint density at radius 3 is 2.62 bits per heavy atom. The Labute approximate surface area is 48.9 Å². The van der Waals surface area contributed by atoms with E-state index in [2.05, 4.69) is 4.99 Å². The molecule has 0 aliphatic rings. The van der Waals surface area contributed by atoms with E-state index in [4.69, 9.17) is 0 Å². The van der Waals surface area contributed by atoms with Crippen molar-refractivity contribution >= 4 is 12.0 Å². The number of hydrogen-bond acceptors (Lipinski definition) is 2. The maximum Gasteiger partial charge on any atom is 0.170 e. The summed E-state index contributed by atoms with van der Waals surface area (Å²) in [5.74, 6) is -0.0249. The molecule has 0 spiro atoms. The highest BCUT2D eigenvalue weighted by molar-refractivity contribution is 6.26. The van der Waals surface area contributed by atoms with Crippen LogP contribution >= 0.6 is 0 Å². The average molecular weight is 111 g/mol. The SMILES string of the molecule is C/C=C\N=CC(C)=O. The van der Waals surface area contributed by atoms with Gasteiger partial charge < -0.3 is 0 Å². The van der Waals surface area contributed by atoms with Gasteiger partial charge in [0.2, 0.25) is 0 Å². The Morgan fingerprint density at radius 2 is 2.25 bits per heavy atom. The summed E-state index contributed by atoms with van der Waals surface area (Å²) in [5.41, 5.74) is 0. The molecule has 2 heteroatoms. The van der Waals surface area contributed by atoms with E-state index in [1.807, 2.05) is 6.92 Å². The van der Waals surface area contributed by atoms with E-state index in [1.54, 1.807) is 12.3 Å². The number of allylic oxidation sites excluding steroid dienone is 1. The van der Waals surface area contributed by atoms with Crippen LogP contribution in [0.4, 0.5) is 0 Å². The second kappa shape index (κ2) is 4.24. The van der Waals surface area contributed by atoms with Crippen LogP contribution in [0.1, 0.15) is 13.8 Å². The number of nitrogens with zero attached hydrogens (tertiary/aromatic N) is 1. The monoisotopic (exact) mass is 111 g/mol. The predicted octanol–water partition coefficient (Wildman–Crippen LogP) is 1.18. The van der Waals surface area contributed by atoms with E-state index in [-0.39, 0.29) is 5.78 Å². The second-order valence-electron chi connectivity index (χ2n) is 1.37. The van der Waals surface area contributed by atoms with Crippen molar-refractivity contribution in [1.82, 2.24) is 0 Å². The quantitative estimate of drug-likeness (QED) is 0.492. The molecule has 0 atom stereocenters. The van der Waals surface area contributed by atoms with Gasteiger partial charge >= 0.3 is 0 Å². The van der Waals surface area contributed by atoms with Crippen LogP contribution in [0.15, 0.2) is 17.3 Å². The molecule has 8 heavy (non-hydrogen) atoms. The Kier molecular flexibility index (Phi) is 3.76. The Hall–Kier alpha value is -0.920. The smallest absolute Gasteiger partial charge is 0.170 e. The Balaban J connectivity index is 3.50. The third-order valence-corrected chi connectivity index (χ3v) is 0.491. The van der Waals surface area contributed by atoms with Gasteiger partial charge in [0.05, 0.1) is 6.21 Å². The van der Waals surface area contributed by atoms with Crippen molar-refractivity contribution in [3.63, 3.8) is 0 Å². The van der Waals surface area contributed by atoms with Crippen molar-refractivity contribution in [2.24, 2.45) is 4.99 Å². The summed E-state index contributed by atoms with van der Waals surface area (Å²) in [7, 11) is 0. The maximum atomic E-state index is 10.1. The summed E-state index contributed by atoms with van der Waals surface area (Å²) < 4.78 is 0. The van der Waals surface area contributed by atoms with Crippen molar-refractivity contribution in [2.75, 3.05) is 0 Å². The molecule has 0 fully saturated rings. The third-order valence-electron chi connectivity index (χ3n) is 0.491. The van der Waals surface area contributed by atoms with Gasteiger partial charge in [0.25, 0.3) is 0 Å². The van der Waals surface area contributed by atoms with E-state index in [9.17, 15) is 4.79 Å². The molecule has 0 amide bonds. The van der Waals surface area contributed by atoms with Crippen LogP contribution in [0.2, 0.25) is 0 Å². The molecule has 0 rings (SSSR count). The van der Waals surface area contributed by atoms with Crippen LogP contribution in [-0.2, 0) is 4.79 Å². The van der Waals surface area contributed by atoms with Crippen molar-refractivity contribution < 1.29 is 4.79 Å². The molecule has 44 valence electrons. The second-order valence-corrected chi connectivity index (χ2v) is 1.37. The topological polar surface area (TPSA) is 29.4 Å². The molecule has 0 aliphatic heterocycles. The number of rotatable bonds is 2. The highest BCUT2D eigenvalue weighted by Crippen LogP contribution is 1.70. The largest absolute Gasteiger partial charge is 0.293 e. The fraction of sp³-hybridized carbons (Fsp3) is 0.333. The molecule has 0 saturated carbocycles. The Morgan fingerprint density at radius 1 is 1.62 bits per heavy atom. The lowest BCUT2D eigenvalue weighted by Gasteiger charge is -1.72. The van der Waals surface area contributed by atoms with Gasteiger partial charge in [0.1, 0.15) is 0 Å². The van der Waals surface area contributed by atoms with E-state index in [1.165, 1.54) is 13.1 Å². The first-order valence-electron chi connectivity index (χ1n) is 2.42. The molecule has 0 N–H and O–H groups in total. The maximum absolute atomic E-state index is 10.1. The standard InChI is InChI=1S/C6H9NO/c1-3-4-7-5-6(2)8/h3-5H,1-2H3/b4-3-,7-5?. The van der Waals surface area contributed by atoms with Gasteiger partial charge in [-0.15, -0.1) is 0 Å². The van der Waals surface area contributed by atoms with Crippen molar-refractivity contribution in [3.8, 4) is 0 Å². The zero-order chi connectivity index (χ0) is 6.41. The van der Waals surface area contributed by atoms with Gasteiger partial charge in [-0.2, -0.15) is 0 Å². The van der Waals surface area contributed by atoms with Crippen LogP contribution in [0.5, 0.6) is 0 Å². The van der Waals surface area contributed by atoms with E-state index >= 15 is 0 Å². The van der Waals surface area contributed by atoms with Crippen LogP contribution in [0.25, 0.3) is 0 Å².